The lowest BCUT2D eigenvalue weighted by Gasteiger charge is -2.06. The highest BCUT2D eigenvalue weighted by atomic mass is 32.1. The summed E-state index contributed by atoms with van der Waals surface area (Å²) < 4.78 is 2.34. The molecule has 0 atom stereocenters. The van der Waals surface area contributed by atoms with Gasteiger partial charge in [-0.1, -0.05) is 19.1 Å². The lowest BCUT2D eigenvalue weighted by Crippen LogP contribution is -2.03. The standard InChI is InChI=1S/C16H19N3S/c1-2-7-19-15-6-4-3-5-14(15)18-16(19)9-12-8-13(10-17)20-11-12/h3-6,8,11H,2,7,9-10,17H2,1H3. The number of para-hydroxylation sites is 2. The first-order chi connectivity index (χ1) is 9.81. The smallest absolute Gasteiger partial charge is 0.114 e. The van der Waals surface area contributed by atoms with E-state index in [4.69, 9.17) is 10.7 Å². The Hall–Kier alpha value is -1.65. The summed E-state index contributed by atoms with van der Waals surface area (Å²) in [6.45, 7) is 3.84. The highest BCUT2D eigenvalue weighted by Gasteiger charge is 2.11. The number of thiophene rings is 1. The van der Waals surface area contributed by atoms with Crippen LogP contribution in [0, 0.1) is 0 Å². The van der Waals surface area contributed by atoms with Gasteiger partial charge in [0.05, 0.1) is 11.0 Å². The van der Waals surface area contributed by atoms with Crippen molar-refractivity contribution in [1.82, 2.24) is 9.55 Å². The first kappa shape index (κ1) is 13.3. The van der Waals surface area contributed by atoms with Gasteiger partial charge in [0.2, 0.25) is 0 Å². The topological polar surface area (TPSA) is 43.8 Å². The maximum atomic E-state index is 5.69. The van der Waals surface area contributed by atoms with Crippen molar-refractivity contribution in [3.05, 3.63) is 52.0 Å². The predicted octanol–water partition coefficient (Wildman–Crippen LogP) is 3.56. The minimum atomic E-state index is 0.621. The van der Waals surface area contributed by atoms with Gasteiger partial charge < -0.3 is 10.3 Å². The molecule has 3 nitrogen and oxygen atoms in total. The Balaban J connectivity index is 1.99. The maximum absolute atomic E-state index is 5.69. The summed E-state index contributed by atoms with van der Waals surface area (Å²) in [6, 6.07) is 10.6. The highest BCUT2D eigenvalue weighted by Crippen LogP contribution is 2.21. The number of benzene rings is 1. The maximum Gasteiger partial charge on any atom is 0.114 e. The van der Waals surface area contributed by atoms with E-state index in [-0.39, 0.29) is 0 Å². The van der Waals surface area contributed by atoms with Gasteiger partial charge in [0.15, 0.2) is 0 Å². The minimum Gasteiger partial charge on any atom is -0.328 e. The number of fused-ring (bicyclic) bond motifs is 1. The third-order valence-corrected chi connectivity index (χ3v) is 4.46. The molecule has 0 aliphatic rings. The van der Waals surface area contributed by atoms with E-state index in [9.17, 15) is 0 Å². The molecule has 20 heavy (non-hydrogen) atoms. The Morgan fingerprint density at radius 1 is 1.30 bits per heavy atom. The van der Waals surface area contributed by atoms with Crippen LogP contribution in [0.25, 0.3) is 11.0 Å². The predicted molar refractivity (Wildman–Crippen MR) is 85.0 cm³/mol. The number of nitrogens with zero attached hydrogens (tertiary/aromatic N) is 2. The molecular weight excluding hydrogens is 266 g/mol. The Morgan fingerprint density at radius 2 is 2.15 bits per heavy atom. The number of imidazole rings is 1. The van der Waals surface area contributed by atoms with Gasteiger partial charge in [0.25, 0.3) is 0 Å². The molecule has 2 N–H and O–H groups in total. The van der Waals surface area contributed by atoms with Crippen molar-refractivity contribution in [3.8, 4) is 0 Å². The van der Waals surface area contributed by atoms with E-state index >= 15 is 0 Å². The molecule has 2 aromatic heterocycles. The van der Waals surface area contributed by atoms with Crippen LogP contribution in [0.2, 0.25) is 0 Å². The van der Waals surface area contributed by atoms with Gasteiger partial charge in [0, 0.05) is 24.4 Å². The second-order valence-corrected chi connectivity index (χ2v) is 5.97. The SMILES string of the molecule is CCCn1c(Cc2csc(CN)c2)nc2ccccc21. The zero-order chi connectivity index (χ0) is 13.9. The van der Waals surface area contributed by atoms with Gasteiger partial charge in [-0.15, -0.1) is 11.3 Å². The molecule has 0 unspecified atom stereocenters. The zero-order valence-corrected chi connectivity index (χ0v) is 12.5. The fourth-order valence-corrected chi connectivity index (χ4v) is 3.31. The van der Waals surface area contributed by atoms with Crippen LogP contribution in [0.4, 0.5) is 0 Å². The molecule has 0 aliphatic carbocycles. The largest absolute Gasteiger partial charge is 0.328 e. The summed E-state index contributed by atoms with van der Waals surface area (Å²) in [6.07, 6.45) is 2.00. The Labute approximate surface area is 123 Å². The van der Waals surface area contributed by atoms with E-state index in [1.807, 2.05) is 6.07 Å². The van der Waals surface area contributed by atoms with E-state index in [1.54, 1.807) is 11.3 Å². The van der Waals surface area contributed by atoms with Crippen molar-refractivity contribution in [2.75, 3.05) is 0 Å². The van der Waals surface area contributed by atoms with Crippen LogP contribution in [0.1, 0.15) is 29.6 Å². The lowest BCUT2D eigenvalue weighted by molar-refractivity contribution is 0.664. The minimum absolute atomic E-state index is 0.621. The molecule has 3 rings (SSSR count). The van der Waals surface area contributed by atoms with Gasteiger partial charge in [-0.2, -0.15) is 0 Å². The Bertz CT molecular complexity index is 711. The number of hydrogen-bond donors (Lipinski definition) is 1. The van der Waals surface area contributed by atoms with Crippen LogP contribution < -0.4 is 5.73 Å². The molecular formula is C16H19N3S. The van der Waals surface area contributed by atoms with E-state index in [0.29, 0.717) is 6.54 Å². The molecule has 0 spiro atoms. The number of aromatic nitrogens is 2. The summed E-state index contributed by atoms with van der Waals surface area (Å²) in [7, 11) is 0. The van der Waals surface area contributed by atoms with Crippen LogP contribution in [0.5, 0.6) is 0 Å². The summed E-state index contributed by atoms with van der Waals surface area (Å²) in [5, 5.41) is 2.19. The van der Waals surface area contributed by atoms with Gasteiger partial charge in [-0.3, -0.25) is 0 Å². The Kier molecular flexibility index (Phi) is 3.85. The van der Waals surface area contributed by atoms with Crippen LogP contribution in [-0.4, -0.2) is 9.55 Å². The third-order valence-electron chi connectivity index (χ3n) is 3.45. The molecule has 0 saturated heterocycles. The van der Waals surface area contributed by atoms with E-state index in [0.717, 1.165) is 30.7 Å². The molecule has 4 heteroatoms. The van der Waals surface area contributed by atoms with Crippen molar-refractivity contribution in [2.24, 2.45) is 5.73 Å². The second-order valence-electron chi connectivity index (χ2n) is 4.97. The molecule has 0 saturated carbocycles. The normalized spacial score (nSPS) is 11.3. The van der Waals surface area contributed by atoms with Crippen molar-refractivity contribution < 1.29 is 0 Å². The summed E-state index contributed by atoms with van der Waals surface area (Å²) in [5.41, 5.74) is 9.32. The molecule has 0 amide bonds. The first-order valence-corrected chi connectivity index (χ1v) is 7.90. The fraction of sp³-hybridized carbons (Fsp3) is 0.312. The monoisotopic (exact) mass is 285 g/mol. The Morgan fingerprint density at radius 3 is 2.90 bits per heavy atom. The van der Waals surface area contributed by atoms with Gasteiger partial charge >= 0.3 is 0 Å². The van der Waals surface area contributed by atoms with Crippen LogP contribution >= 0.6 is 11.3 Å². The van der Waals surface area contributed by atoms with E-state index < -0.39 is 0 Å². The molecule has 0 aliphatic heterocycles. The lowest BCUT2D eigenvalue weighted by atomic mass is 10.2. The summed E-state index contributed by atoms with van der Waals surface area (Å²) in [4.78, 5) is 6.03. The van der Waals surface area contributed by atoms with Crippen molar-refractivity contribution in [1.29, 1.82) is 0 Å². The van der Waals surface area contributed by atoms with Crippen LogP contribution in [0.3, 0.4) is 0 Å². The molecule has 0 bridgehead atoms. The average Bonchev–Trinajstić information content (AvgIpc) is 3.05. The van der Waals surface area contributed by atoms with Crippen LogP contribution in [0.15, 0.2) is 35.7 Å². The average molecular weight is 285 g/mol. The van der Waals surface area contributed by atoms with Crippen LogP contribution in [-0.2, 0) is 19.5 Å². The van der Waals surface area contributed by atoms with Gasteiger partial charge in [0.1, 0.15) is 5.82 Å². The van der Waals surface area contributed by atoms with Crippen molar-refractivity contribution in [2.45, 2.75) is 32.9 Å². The van der Waals surface area contributed by atoms with E-state index in [2.05, 4.69) is 41.1 Å². The summed E-state index contributed by atoms with van der Waals surface area (Å²) >= 11 is 1.73. The number of nitrogens with two attached hydrogens (primary N) is 1. The molecule has 0 radical (unpaired) electrons. The molecule has 1 aromatic carbocycles. The van der Waals surface area contributed by atoms with E-state index in [1.165, 1.54) is 16.0 Å². The quantitative estimate of drug-likeness (QED) is 0.779. The van der Waals surface area contributed by atoms with Gasteiger partial charge in [-0.05, 0) is 35.6 Å². The zero-order valence-electron chi connectivity index (χ0n) is 11.7. The number of rotatable bonds is 5. The molecule has 104 valence electrons. The molecule has 0 fully saturated rings. The highest BCUT2D eigenvalue weighted by molar-refractivity contribution is 7.10. The summed E-state index contributed by atoms with van der Waals surface area (Å²) in [5.74, 6) is 1.15. The second kappa shape index (κ2) is 5.77. The van der Waals surface area contributed by atoms with Crippen molar-refractivity contribution >= 4 is 22.4 Å². The van der Waals surface area contributed by atoms with Crippen molar-refractivity contribution in [3.63, 3.8) is 0 Å². The molecule has 3 aromatic rings. The first-order valence-electron chi connectivity index (χ1n) is 7.02. The number of hydrogen-bond acceptors (Lipinski definition) is 3. The van der Waals surface area contributed by atoms with Gasteiger partial charge in [-0.25, -0.2) is 4.98 Å². The fourth-order valence-electron chi connectivity index (χ4n) is 2.54. The molecule has 2 heterocycles. The number of aryl methyl sites for hydroxylation is 1. The third kappa shape index (κ3) is 2.49.